The third-order valence-corrected chi connectivity index (χ3v) is 6.25. The highest BCUT2D eigenvalue weighted by Crippen LogP contribution is 2.33. The first-order chi connectivity index (χ1) is 17.0. The van der Waals surface area contributed by atoms with Crippen LogP contribution in [-0.2, 0) is 33.2 Å². The average Bonchev–Trinajstić information content (AvgIpc) is 2.87. The summed E-state index contributed by atoms with van der Waals surface area (Å²) in [5.41, 5.74) is 0. The van der Waals surface area contributed by atoms with Gasteiger partial charge in [0.2, 0.25) is 0 Å². The normalized spacial score (nSPS) is 50.0. The van der Waals surface area contributed by atoms with Crippen LogP contribution in [0.25, 0.3) is 0 Å². The number of methoxy groups -OCH3 is 1. The van der Waals surface area contributed by atoms with E-state index in [1.54, 1.807) is 0 Å². The Morgan fingerprint density at radius 1 is 0.639 bits per heavy atom. The van der Waals surface area contributed by atoms with Gasteiger partial charge in [-0.05, 0) is 0 Å². The molecule has 0 aliphatic carbocycles. The van der Waals surface area contributed by atoms with Crippen LogP contribution in [0.5, 0.6) is 0 Å². The van der Waals surface area contributed by atoms with E-state index in [2.05, 4.69) is 4.74 Å². The highest BCUT2D eigenvalue weighted by molar-refractivity contribution is 5.75. The molecule has 0 aromatic carbocycles. The Hall–Kier alpha value is -1.13. The van der Waals surface area contributed by atoms with Gasteiger partial charge in [0.25, 0.3) is 0 Å². The minimum Gasteiger partial charge on any atom is -0.467 e. The molecule has 17 nitrogen and oxygen atoms in total. The first-order valence-corrected chi connectivity index (χ1v) is 11.0. The van der Waals surface area contributed by atoms with Crippen LogP contribution in [0.2, 0.25) is 0 Å². The Balaban J connectivity index is 1.88. The van der Waals surface area contributed by atoms with Crippen LogP contribution < -0.4 is 0 Å². The molecule has 3 aliphatic heterocycles. The van der Waals surface area contributed by atoms with Crippen molar-refractivity contribution in [1.29, 1.82) is 0 Å². The SMILES string of the molecule is COC(=O)[C@H]1OC(O)[C@H](O[C@@H]2O[C@H](CO)[C@@H](O)[C@H](O)[C@H]2O)[C@@H](O[C@@H]2O[C@H](CO)[C@@H](O)[C@H](O)[C@H]2O)[C@@H]1O. The van der Waals surface area contributed by atoms with Crippen LogP contribution in [0.3, 0.4) is 0 Å². The molecule has 0 amide bonds. The first kappa shape index (κ1) is 29.4. The lowest BCUT2D eigenvalue weighted by atomic mass is 9.96. The third kappa shape index (κ3) is 5.65. The molecule has 0 radical (unpaired) electrons. The molecule has 0 spiro atoms. The Bertz CT molecular complexity index is 722. The molecule has 0 aromatic rings. The molecule has 0 bridgehead atoms. The van der Waals surface area contributed by atoms with Crippen molar-refractivity contribution in [3.8, 4) is 0 Å². The number of rotatable bonds is 7. The molecular weight excluding hydrogens is 500 g/mol. The minimum absolute atomic E-state index is 0.799. The summed E-state index contributed by atoms with van der Waals surface area (Å²) in [6.45, 7) is -1.61. The second kappa shape index (κ2) is 12.2. The van der Waals surface area contributed by atoms with Crippen molar-refractivity contribution in [2.24, 2.45) is 0 Å². The monoisotopic (exact) mass is 532 g/mol. The summed E-state index contributed by atoms with van der Waals surface area (Å²) in [4.78, 5) is 12.1. The summed E-state index contributed by atoms with van der Waals surface area (Å²) in [5.74, 6) is -1.14. The molecule has 15 atom stereocenters. The van der Waals surface area contributed by atoms with E-state index in [0.717, 1.165) is 7.11 Å². The highest BCUT2D eigenvalue weighted by atomic mass is 16.8. The molecule has 0 aromatic heterocycles. The summed E-state index contributed by atoms with van der Waals surface area (Å²) in [5, 5.41) is 101. The van der Waals surface area contributed by atoms with Crippen molar-refractivity contribution in [3.05, 3.63) is 0 Å². The van der Waals surface area contributed by atoms with E-state index in [1.807, 2.05) is 0 Å². The maximum atomic E-state index is 12.1. The Labute approximate surface area is 203 Å². The summed E-state index contributed by atoms with van der Waals surface area (Å²) in [6.07, 6.45) is -27.2. The topological polar surface area (TPSA) is 275 Å². The number of aliphatic hydroxyl groups is 10. The number of esters is 1. The van der Waals surface area contributed by atoms with Gasteiger partial charge < -0.3 is 79.5 Å². The molecule has 3 rings (SSSR count). The van der Waals surface area contributed by atoms with Crippen molar-refractivity contribution < 1.29 is 84.3 Å². The van der Waals surface area contributed by atoms with E-state index in [-0.39, 0.29) is 0 Å². The van der Waals surface area contributed by atoms with Gasteiger partial charge in [-0.2, -0.15) is 0 Å². The maximum absolute atomic E-state index is 12.1. The average molecular weight is 532 g/mol. The smallest absolute Gasteiger partial charge is 0.337 e. The number of carbonyl (C=O) groups excluding carboxylic acids is 1. The Kier molecular flexibility index (Phi) is 9.94. The minimum atomic E-state index is -2.10. The molecule has 10 N–H and O–H groups in total. The Morgan fingerprint density at radius 3 is 1.50 bits per heavy atom. The molecule has 1 unspecified atom stereocenters. The lowest BCUT2D eigenvalue weighted by molar-refractivity contribution is -0.384. The number of hydrogen-bond acceptors (Lipinski definition) is 17. The van der Waals surface area contributed by atoms with E-state index < -0.39 is 111 Å². The van der Waals surface area contributed by atoms with Crippen molar-refractivity contribution >= 4 is 5.97 Å². The van der Waals surface area contributed by atoms with Gasteiger partial charge in [0.1, 0.15) is 67.1 Å². The van der Waals surface area contributed by atoms with Crippen LogP contribution in [0, 0.1) is 0 Å². The quantitative estimate of drug-likeness (QED) is 0.136. The van der Waals surface area contributed by atoms with Crippen LogP contribution in [0.4, 0.5) is 0 Å². The van der Waals surface area contributed by atoms with E-state index in [1.165, 1.54) is 0 Å². The second-order valence-corrected chi connectivity index (χ2v) is 8.56. The maximum Gasteiger partial charge on any atom is 0.337 e. The zero-order valence-electron chi connectivity index (χ0n) is 18.9. The summed E-state index contributed by atoms with van der Waals surface area (Å²) in [7, 11) is 0.967. The highest BCUT2D eigenvalue weighted by Gasteiger charge is 2.55. The lowest BCUT2D eigenvalue weighted by Gasteiger charge is -2.47. The fraction of sp³-hybridized carbons (Fsp3) is 0.947. The molecule has 3 fully saturated rings. The van der Waals surface area contributed by atoms with Gasteiger partial charge in [0, 0.05) is 0 Å². The predicted octanol–water partition coefficient (Wildman–Crippen LogP) is -7.39. The van der Waals surface area contributed by atoms with Gasteiger partial charge in [-0.25, -0.2) is 4.79 Å². The molecular formula is C19H32O17. The number of aliphatic hydroxyl groups excluding tert-OH is 10. The fourth-order valence-electron chi connectivity index (χ4n) is 4.12. The molecule has 3 saturated heterocycles. The largest absolute Gasteiger partial charge is 0.467 e. The lowest BCUT2D eigenvalue weighted by Crippen LogP contribution is -2.67. The van der Waals surface area contributed by atoms with Gasteiger partial charge >= 0.3 is 5.97 Å². The standard InChI is InChI=1S/C19H32O17/c1-31-16(29)14-12(28)13(35-18-10(26)8(24)6(22)4(2-20)32-18)15(17(30)34-14)36-19-11(27)9(25)7(23)5(3-21)33-19/h4-15,17-28,30H,2-3H2,1H3/t4-,5-,6-,7-,8+,9+,10-,11-,12+,13+,14+,15-,17?,18+,19+/m1/s1. The number of hydrogen-bond donors (Lipinski definition) is 10. The molecule has 3 heterocycles. The summed E-state index contributed by atoms with van der Waals surface area (Å²) in [6, 6.07) is 0. The zero-order chi connectivity index (χ0) is 26.9. The van der Waals surface area contributed by atoms with Gasteiger partial charge in [0.05, 0.1) is 20.3 Å². The van der Waals surface area contributed by atoms with Crippen LogP contribution in [0.1, 0.15) is 0 Å². The van der Waals surface area contributed by atoms with Crippen molar-refractivity contribution in [3.63, 3.8) is 0 Å². The van der Waals surface area contributed by atoms with Crippen LogP contribution in [0.15, 0.2) is 0 Å². The van der Waals surface area contributed by atoms with E-state index in [4.69, 9.17) is 23.7 Å². The molecule has 210 valence electrons. The first-order valence-electron chi connectivity index (χ1n) is 11.0. The van der Waals surface area contributed by atoms with Crippen molar-refractivity contribution in [2.45, 2.75) is 92.1 Å². The third-order valence-electron chi connectivity index (χ3n) is 6.25. The van der Waals surface area contributed by atoms with E-state index in [9.17, 15) is 55.9 Å². The molecule has 36 heavy (non-hydrogen) atoms. The van der Waals surface area contributed by atoms with Crippen LogP contribution in [-0.4, -0.2) is 169 Å². The van der Waals surface area contributed by atoms with Crippen molar-refractivity contribution in [2.75, 3.05) is 20.3 Å². The zero-order valence-corrected chi connectivity index (χ0v) is 18.9. The molecule has 0 saturated carbocycles. The second-order valence-electron chi connectivity index (χ2n) is 8.56. The summed E-state index contributed by atoms with van der Waals surface area (Å²) < 4.78 is 31.0. The predicted molar refractivity (Wildman–Crippen MR) is 106 cm³/mol. The molecule has 17 heteroatoms. The van der Waals surface area contributed by atoms with Gasteiger partial charge in [0.15, 0.2) is 25.0 Å². The van der Waals surface area contributed by atoms with Gasteiger partial charge in [-0.3, -0.25) is 0 Å². The summed E-state index contributed by atoms with van der Waals surface area (Å²) >= 11 is 0. The number of carbonyl (C=O) groups is 1. The Morgan fingerprint density at radius 2 is 1.08 bits per heavy atom. The van der Waals surface area contributed by atoms with E-state index >= 15 is 0 Å². The molecule has 3 aliphatic rings. The van der Waals surface area contributed by atoms with Crippen LogP contribution >= 0.6 is 0 Å². The van der Waals surface area contributed by atoms with Gasteiger partial charge in [-0.1, -0.05) is 0 Å². The van der Waals surface area contributed by atoms with Gasteiger partial charge in [-0.15, -0.1) is 0 Å². The van der Waals surface area contributed by atoms with Crippen molar-refractivity contribution in [1.82, 2.24) is 0 Å². The fourth-order valence-corrected chi connectivity index (χ4v) is 4.12. The number of ether oxygens (including phenoxy) is 6. The van der Waals surface area contributed by atoms with E-state index in [0.29, 0.717) is 0 Å².